The van der Waals surface area contributed by atoms with E-state index in [-0.39, 0.29) is 5.54 Å². The van der Waals surface area contributed by atoms with Crippen molar-refractivity contribution < 1.29 is 0 Å². The highest BCUT2D eigenvalue weighted by atomic mass is 79.9. The van der Waals surface area contributed by atoms with Gasteiger partial charge in [0.25, 0.3) is 0 Å². The Morgan fingerprint density at radius 1 is 1.37 bits per heavy atom. The molecule has 19 heavy (non-hydrogen) atoms. The van der Waals surface area contributed by atoms with Gasteiger partial charge in [-0.1, -0.05) is 22.9 Å². The maximum Gasteiger partial charge on any atom is 0.0414 e. The van der Waals surface area contributed by atoms with Crippen LogP contribution in [0, 0.1) is 0 Å². The van der Waals surface area contributed by atoms with Gasteiger partial charge in [-0.15, -0.1) is 0 Å². The average molecular weight is 325 g/mol. The van der Waals surface area contributed by atoms with Crippen LogP contribution in [0.5, 0.6) is 0 Å². The molecule has 1 aliphatic carbocycles. The quantitative estimate of drug-likeness (QED) is 0.838. The lowest BCUT2D eigenvalue weighted by Crippen LogP contribution is -2.41. The van der Waals surface area contributed by atoms with E-state index in [1.165, 1.54) is 24.1 Å². The summed E-state index contributed by atoms with van der Waals surface area (Å²) in [5.74, 6) is 0. The average Bonchev–Trinajstić information content (AvgIpc) is 3.19. The molecule has 0 atom stereocenters. The minimum Gasteiger partial charge on any atom is -0.369 e. The van der Waals surface area contributed by atoms with E-state index in [1.807, 2.05) is 0 Å². The molecule has 0 radical (unpaired) electrons. The number of benzene rings is 1. The van der Waals surface area contributed by atoms with Crippen molar-refractivity contribution in [3.63, 3.8) is 0 Å². The number of nitrogens with one attached hydrogen (secondary N) is 1. The van der Waals surface area contributed by atoms with Crippen LogP contribution >= 0.6 is 15.9 Å². The normalized spacial score (nSPS) is 15.6. The molecule has 1 aromatic rings. The van der Waals surface area contributed by atoms with Gasteiger partial charge in [0.15, 0.2) is 0 Å². The summed E-state index contributed by atoms with van der Waals surface area (Å²) in [5, 5.41) is 3.62. The molecule has 2 nitrogen and oxygen atoms in total. The van der Waals surface area contributed by atoms with Crippen LogP contribution in [-0.2, 0) is 6.54 Å². The highest BCUT2D eigenvalue weighted by Gasteiger charge is 2.25. The van der Waals surface area contributed by atoms with Gasteiger partial charge in [-0.05, 0) is 56.9 Å². The van der Waals surface area contributed by atoms with E-state index in [0.29, 0.717) is 0 Å². The van der Waals surface area contributed by atoms with Crippen molar-refractivity contribution >= 4 is 21.6 Å². The molecule has 0 saturated heterocycles. The predicted octanol–water partition coefficient (Wildman–Crippen LogP) is 4.33. The Morgan fingerprint density at radius 3 is 2.63 bits per heavy atom. The second-order valence-electron chi connectivity index (χ2n) is 6.15. The molecular formula is C16H25BrN2. The minimum atomic E-state index is 0.183. The molecule has 0 aromatic heterocycles. The standard InChI is InChI=1S/C16H25BrN2/c1-5-16(2,3)19(4)15-9-6-13(17)10-12(15)11-18-14-7-8-14/h6,9-10,14,18H,5,7-8,11H2,1-4H3. The molecule has 1 aromatic carbocycles. The van der Waals surface area contributed by atoms with Gasteiger partial charge in [-0.2, -0.15) is 0 Å². The molecule has 0 spiro atoms. The van der Waals surface area contributed by atoms with Crippen LogP contribution in [-0.4, -0.2) is 18.6 Å². The van der Waals surface area contributed by atoms with Crippen LogP contribution < -0.4 is 10.2 Å². The summed E-state index contributed by atoms with van der Waals surface area (Å²) < 4.78 is 1.16. The maximum atomic E-state index is 3.62. The summed E-state index contributed by atoms with van der Waals surface area (Å²) in [4.78, 5) is 2.41. The van der Waals surface area contributed by atoms with E-state index in [1.54, 1.807) is 0 Å². The molecule has 106 valence electrons. The van der Waals surface area contributed by atoms with Gasteiger partial charge in [0.1, 0.15) is 0 Å². The zero-order valence-electron chi connectivity index (χ0n) is 12.5. The van der Waals surface area contributed by atoms with Crippen molar-refractivity contribution in [2.24, 2.45) is 0 Å². The molecule has 1 fully saturated rings. The molecule has 1 saturated carbocycles. The number of hydrogen-bond donors (Lipinski definition) is 1. The maximum absolute atomic E-state index is 3.62. The first kappa shape index (κ1) is 14.9. The SMILES string of the molecule is CCC(C)(C)N(C)c1ccc(Br)cc1CNC1CC1. The number of hydrogen-bond acceptors (Lipinski definition) is 2. The Bertz CT molecular complexity index is 438. The van der Waals surface area contributed by atoms with Crippen LogP contribution in [0.3, 0.4) is 0 Å². The molecule has 0 bridgehead atoms. The molecule has 0 amide bonds. The molecule has 0 aliphatic heterocycles. The second kappa shape index (κ2) is 5.84. The Balaban J connectivity index is 2.21. The Labute approximate surface area is 125 Å². The highest BCUT2D eigenvalue weighted by Crippen LogP contribution is 2.31. The third kappa shape index (κ3) is 3.73. The largest absolute Gasteiger partial charge is 0.369 e. The van der Waals surface area contributed by atoms with Gasteiger partial charge >= 0.3 is 0 Å². The van der Waals surface area contributed by atoms with Crippen LogP contribution in [0.15, 0.2) is 22.7 Å². The number of anilines is 1. The first-order valence-corrected chi connectivity index (χ1v) is 7.99. The van der Waals surface area contributed by atoms with E-state index < -0.39 is 0 Å². The third-order valence-electron chi connectivity index (χ3n) is 4.33. The van der Waals surface area contributed by atoms with E-state index in [2.05, 4.69) is 72.2 Å². The first-order valence-electron chi connectivity index (χ1n) is 7.19. The van der Waals surface area contributed by atoms with Gasteiger partial charge in [-0.3, -0.25) is 0 Å². The summed E-state index contributed by atoms with van der Waals surface area (Å²) in [5.41, 5.74) is 2.90. The van der Waals surface area contributed by atoms with Crippen LogP contribution in [0.4, 0.5) is 5.69 Å². The zero-order chi connectivity index (χ0) is 14.0. The zero-order valence-corrected chi connectivity index (χ0v) is 14.0. The number of halogens is 1. The summed E-state index contributed by atoms with van der Waals surface area (Å²) in [6, 6.07) is 7.35. The molecule has 0 unspecified atom stereocenters. The van der Waals surface area contributed by atoms with Crippen molar-refractivity contribution in [3.05, 3.63) is 28.2 Å². The van der Waals surface area contributed by atoms with Crippen LogP contribution in [0.2, 0.25) is 0 Å². The van der Waals surface area contributed by atoms with Crippen molar-refractivity contribution in [2.45, 2.75) is 58.2 Å². The molecule has 2 rings (SSSR count). The van der Waals surface area contributed by atoms with Gasteiger partial charge in [-0.25, -0.2) is 0 Å². The smallest absolute Gasteiger partial charge is 0.0414 e. The molecule has 3 heteroatoms. The van der Waals surface area contributed by atoms with Gasteiger partial charge in [0.05, 0.1) is 0 Å². The molecule has 0 heterocycles. The van der Waals surface area contributed by atoms with Gasteiger partial charge < -0.3 is 10.2 Å². The second-order valence-corrected chi connectivity index (χ2v) is 7.07. The van der Waals surface area contributed by atoms with E-state index in [9.17, 15) is 0 Å². The van der Waals surface area contributed by atoms with Gasteiger partial charge in [0, 0.05) is 35.3 Å². The van der Waals surface area contributed by atoms with Crippen molar-refractivity contribution in [3.8, 4) is 0 Å². The summed E-state index contributed by atoms with van der Waals surface area (Å²) in [7, 11) is 2.20. The van der Waals surface area contributed by atoms with Crippen molar-refractivity contribution in [1.29, 1.82) is 0 Å². The topological polar surface area (TPSA) is 15.3 Å². The fraction of sp³-hybridized carbons (Fsp3) is 0.625. The van der Waals surface area contributed by atoms with E-state index in [0.717, 1.165) is 23.5 Å². The van der Waals surface area contributed by atoms with E-state index in [4.69, 9.17) is 0 Å². The fourth-order valence-electron chi connectivity index (χ4n) is 2.13. The Hall–Kier alpha value is -0.540. The monoisotopic (exact) mass is 324 g/mol. The summed E-state index contributed by atoms with van der Waals surface area (Å²) in [6.45, 7) is 7.81. The lowest BCUT2D eigenvalue weighted by molar-refractivity contribution is 0.469. The van der Waals surface area contributed by atoms with E-state index >= 15 is 0 Å². The minimum absolute atomic E-state index is 0.183. The number of nitrogens with zero attached hydrogens (tertiary/aromatic N) is 1. The van der Waals surface area contributed by atoms with Crippen LogP contribution in [0.25, 0.3) is 0 Å². The predicted molar refractivity (Wildman–Crippen MR) is 86.8 cm³/mol. The fourth-order valence-corrected chi connectivity index (χ4v) is 2.54. The molecule has 1 N–H and O–H groups in total. The lowest BCUT2D eigenvalue weighted by Gasteiger charge is -2.38. The summed E-state index contributed by atoms with van der Waals surface area (Å²) >= 11 is 3.59. The van der Waals surface area contributed by atoms with Crippen LogP contribution in [0.1, 0.15) is 45.6 Å². The number of rotatable bonds is 6. The molecular weight excluding hydrogens is 300 g/mol. The lowest BCUT2D eigenvalue weighted by atomic mass is 9.98. The first-order chi connectivity index (χ1) is 8.94. The van der Waals surface area contributed by atoms with Crippen molar-refractivity contribution in [2.75, 3.05) is 11.9 Å². The Kier molecular flexibility index (Phi) is 4.57. The summed E-state index contributed by atoms with van der Waals surface area (Å²) in [6.07, 6.45) is 3.80. The van der Waals surface area contributed by atoms with Crippen molar-refractivity contribution in [1.82, 2.24) is 5.32 Å². The highest BCUT2D eigenvalue weighted by molar-refractivity contribution is 9.10. The Morgan fingerprint density at radius 2 is 2.05 bits per heavy atom. The third-order valence-corrected chi connectivity index (χ3v) is 4.83. The molecule has 1 aliphatic rings. The van der Waals surface area contributed by atoms with Gasteiger partial charge in [0.2, 0.25) is 0 Å².